The van der Waals surface area contributed by atoms with E-state index in [0.29, 0.717) is 0 Å². The van der Waals surface area contributed by atoms with Gasteiger partial charge in [-0.1, -0.05) is 24.3 Å². The minimum absolute atomic E-state index is 0.0316. The van der Waals surface area contributed by atoms with Crippen molar-refractivity contribution in [3.05, 3.63) is 54.1 Å². The number of hydrogen-bond acceptors (Lipinski definition) is 4. The molecule has 0 saturated heterocycles. The first-order valence-corrected chi connectivity index (χ1v) is 7.91. The Labute approximate surface area is 143 Å². The van der Waals surface area contributed by atoms with Crippen molar-refractivity contribution < 1.29 is 14.3 Å². The fraction of sp³-hybridized carbons (Fsp3) is 0.316. The highest BCUT2D eigenvalue weighted by Gasteiger charge is 2.09. The Balaban J connectivity index is 1.83. The van der Waals surface area contributed by atoms with Gasteiger partial charge in [0.25, 0.3) is 0 Å². The maximum absolute atomic E-state index is 12.1. The van der Waals surface area contributed by atoms with Crippen LogP contribution in [0, 0.1) is 0 Å². The second kappa shape index (κ2) is 8.82. The maximum Gasteiger partial charge on any atom is 0.239 e. The van der Waals surface area contributed by atoms with Gasteiger partial charge in [0.05, 0.1) is 26.5 Å². The summed E-state index contributed by atoms with van der Waals surface area (Å²) in [5.41, 5.74) is 1.93. The zero-order chi connectivity index (χ0) is 17.4. The topological polar surface area (TPSA) is 59.6 Å². The first-order chi connectivity index (χ1) is 11.6. The van der Waals surface area contributed by atoms with Crippen LogP contribution in [-0.4, -0.2) is 32.7 Å². The molecule has 0 saturated carbocycles. The first kappa shape index (κ1) is 17.7. The van der Waals surface area contributed by atoms with Gasteiger partial charge in [-0.05, 0) is 43.2 Å². The van der Waals surface area contributed by atoms with Crippen molar-refractivity contribution in [1.29, 1.82) is 0 Å². The Morgan fingerprint density at radius 1 is 1.08 bits per heavy atom. The second-order valence-electron chi connectivity index (χ2n) is 5.58. The predicted octanol–water partition coefficient (Wildman–Crippen LogP) is 2.86. The van der Waals surface area contributed by atoms with Crippen LogP contribution in [0.2, 0.25) is 0 Å². The number of benzene rings is 2. The van der Waals surface area contributed by atoms with Crippen LogP contribution in [-0.2, 0) is 11.2 Å². The van der Waals surface area contributed by atoms with Crippen molar-refractivity contribution in [3.63, 3.8) is 0 Å². The molecule has 0 aromatic heterocycles. The van der Waals surface area contributed by atoms with Crippen LogP contribution in [0.25, 0.3) is 0 Å². The van der Waals surface area contributed by atoms with Crippen molar-refractivity contribution in [3.8, 4) is 11.5 Å². The molecule has 1 unspecified atom stereocenters. The zero-order valence-electron chi connectivity index (χ0n) is 14.3. The lowest BCUT2D eigenvalue weighted by atomic mass is 10.1. The van der Waals surface area contributed by atoms with Gasteiger partial charge in [-0.2, -0.15) is 0 Å². The molecule has 0 aliphatic carbocycles. The molecule has 5 heteroatoms. The molecule has 2 aromatic rings. The van der Waals surface area contributed by atoms with E-state index in [1.807, 2.05) is 55.5 Å². The molecule has 1 atom stereocenters. The van der Waals surface area contributed by atoms with Crippen LogP contribution in [0.1, 0.15) is 12.5 Å². The Morgan fingerprint density at radius 2 is 1.88 bits per heavy atom. The Hall–Kier alpha value is -2.69. The van der Waals surface area contributed by atoms with Crippen LogP contribution >= 0.6 is 0 Å². The third kappa shape index (κ3) is 5.19. The summed E-state index contributed by atoms with van der Waals surface area (Å²) in [5.74, 6) is 1.48. The summed E-state index contributed by atoms with van der Waals surface area (Å²) in [6.45, 7) is 2.18. The number of rotatable bonds is 8. The minimum Gasteiger partial charge on any atom is -0.497 e. The highest BCUT2D eigenvalue weighted by molar-refractivity contribution is 5.81. The van der Waals surface area contributed by atoms with Crippen LogP contribution in [0.15, 0.2) is 48.5 Å². The lowest BCUT2D eigenvalue weighted by Gasteiger charge is -2.16. The fourth-order valence-corrected chi connectivity index (χ4v) is 2.50. The molecule has 0 aliphatic rings. The van der Waals surface area contributed by atoms with Crippen molar-refractivity contribution in [2.24, 2.45) is 0 Å². The molecule has 0 fully saturated rings. The van der Waals surface area contributed by atoms with Crippen LogP contribution in [0.5, 0.6) is 11.5 Å². The van der Waals surface area contributed by atoms with Crippen molar-refractivity contribution in [1.82, 2.24) is 5.32 Å². The summed E-state index contributed by atoms with van der Waals surface area (Å²) < 4.78 is 10.5. The van der Waals surface area contributed by atoms with Gasteiger partial charge in [0.2, 0.25) is 5.91 Å². The molecule has 0 heterocycles. The van der Waals surface area contributed by atoms with Gasteiger partial charge in [0.15, 0.2) is 0 Å². The molecule has 2 N–H and O–H groups in total. The van der Waals surface area contributed by atoms with Gasteiger partial charge in [0, 0.05) is 6.04 Å². The summed E-state index contributed by atoms with van der Waals surface area (Å²) >= 11 is 0. The molecule has 2 rings (SSSR count). The van der Waals surface area contributed by atoms with Crippen LogP contribution in [0.3, 0.4) is 0 Å². The highest BCUT2D eigenvalue weighted by Crippen LogP contribution is 2.22. The van der Waals surface area contributed by atoms with Crippen molar-refractivity contribution in [2.45, 2.75) is 19.4 Å². The quantitative estimate of drug-likeness (QED) is 0.782. The third-order valence-electron chi connectivity index (χ3n) is 3.63. The lowest BCUT2D eigenvalue weighted by molar-refractivity contribution is -0.119. The summed E-state index contributed by atoms with van der Waals surface area (Å²) in [6.07, 6.45) is 0.748. The number of methoxy groups -OCH3 is 2. The molecule has 0 bridgehead atoms. The number of ether oxygens (including phenoxy) is 2. The number of amides is 1. The SMILES string of the molecule is COc1cccc(CC(C)NC(=O)CNc2ccccc2OC)c1. The molecular weight excluding hydrogens is 304 g/mol. The lowest BCUT2D eigenvalue weighted by Crippen LogP contribution is -2.37. The molecule has 0 aliphatic heterocycles. The van der Waals surface area contributed by atoms with Crippen molar-refractivity contribution in [2.75, 3.05) is 26.1 Å². The van der Waals surface area contributed by atoms with Gasteiger partial charge < -0.3 is 20.1 Å². The zero-order valence-corrected chi connectivity index (χ0v) is 14.3. The Bertz CT molecular complexity index is 673. The average Bonchev–Trinajstić information content (AvgIpc) is 2.60. The van der Waals surface area contributed by atoms with E-state index in [4.69, 9.17) is 9.47 Å². The largest absolute Gasteiger partial charge is 0.497 e. The van der Waals surface area contributed by atoms with E-state index in [2.05, 4.69) is 10.6 Å². The van der Waals surface area contributed by atoms with Crippen molar-refractivity contribution >= 4 is 11.6 Å². The molecule has 5 nitrogen and oxygen atoms in total. The standard InChI is InChI=1S/C19H24N2O3/c1-14(11-15-7-6-8-16(12-15)23-2)21-19(22)13-20-17-9-4-5-10-18(17)24-3/h4-10,12,14,20H,11,13H2,1-3H3,(H,21,22). The van der Waals surface area contributed by atoms with E-state index >= 15 is 0 Å². The summed E-state index contributed by atoms with van der Waals surface area (Å²) in [4.78, 5) is 12.1. The number of hydrogen-bond donors (Lipinski definition) is 2. The summed E-state index contributed by atoms with van der Waals surface area (Å²) in [6, 6.07) is 15.4. The highest BCUT2D eigenvalue weighted by atomic mass is 16.5. The summed E-state index contributed by atoms with van der Waals surface area (Å²) in [5, 5.41) is 6.08. The third-order valence-corrected chi connectivity index (χ3v) is 3.63. The fourth-order valence-electron chi connectivity index (χ4n) is 2.50. The monoisotopic (exact) mass is 328 g/mol. The number of para-hydroxylation sites is 2. The van der Waals surface area contributed by atoms with E-state index in [9.17, 15) is 4.79 Å². The molecule has 2 aromatic carbocycles. The van der Waals surface area contributed by atoms with E-state index in [1.165, 1.54) is 0 Å². The molecule has 128 valence electrons. The van der Waals surface area contributed by atoms with Gasteiger partial charge >= 0.3 is 0 Å². The van der Waals surface area contributed by atoms with Crippen LogP contribution in [0.4, 0.5) is 5.69 Å². The number of nitrogens with one attached hydrogen (secondary N) is 2. The normalized spacial score (nSPS) is 11.5. The molecule has 0 spiro atoms. The number of anilines is 1. The second-order valence-corrected chi connectivity index (χ2v) is 5.58. The van der Waals surface area contributed by atoms with E-state index in [-0.39, 0.29) is 18.5 Å². The van der Waals surface area contributed by atoms with Gasteiger partial charge in [-0.25, -0.2) is 0 Å². The molecule has 1 amide bonds. The average molecular weight is 328 g/mol. The molecule has 24 heavy (non-hydrogen) atoms. The summed E-state index contributed by atoms with van der Waals surface area (Å²) in [7, 11) is 3.25. The van der Waals surface area contributed by atoms with Gasteiger partial charge in [-0.3, -0.25) is 4.79 Å². The minimum atomic E-state index is -0.0590. The van der Waals surface area contributed by atoms with E-state index < -0.39 is 0 Å². The number of carbonyl (C=O) groups excluding carboxylic acids is 1. The number of carbonyl (C=O) groups is 1. The van der Waals surface area contributed by atoms with Gasteiger partial charge in [0.1, 0.15) is 11.5 Å². The Morgan fingerprint density at radius 3 is 2.62 bits per heavy atom. The Kier molecular flexibility index (Phi) is 6.49. The molecule has 0 radical (unpaired) electrons. The maximum atomic E-state index is 12.1. The predicted molar refractivity (Wildman–Crippen MR) is 95.8 cm³/mol. The molecular formula is C19H24N2O3. The van der Waals surface area contributed by atoms with E-state index in [1.54, 1.807) is 14.2 Å². The van der Waals surface area contributed by atoms with Crippen LogP contribution < -0.4 is 20.1 Å². The first-order valence-electron chi connectivity index (χ1n) is 7.91. The van der Waals surface area contributed by atoms with E-state index in [0.717, 1.165) is 29.2 Å². The van der Waals surface area contributed by atoms with Gasteiger partial charge in [-0.15, -0.1) is 0 Å². The smallest absolute Gasteiger partial charge is 0.239 e.